The van der Waals surface area contributed by atoms with Crippen LogP contribution < -0.4 is 10.1 Å². The molecule has 21 heavy (non-hydrogen) atoms. The van der Waals surface area contributed by atoms with Crippen LogP contribution in [0, 0.1) is 0 Å². The monoisotopic (exact) mass is 304 g/mol. The Morgan fingerprint density at radius 1 is 1.19 bits per heavy atom. The summed E-state index contributed by atoms with van der Waals surface area (Å²) in [4.78, 5) is 4.35. The van der Waals surface area contributed by atoms with E-state index in [1.807, 2.05) is 36.4 Å². The number of nitrogens with zero attached hydrogens (tertiary/aromatic N) is 1. The Hall–Kier alpha value is -1.58. The maximum Gasteiger partial charge on any atom is 0.123 e. The third kappa shape index (κ3) is 5.37. The molecule has 112 valence electrons. The first-order chi connectivity index (χ1) is 9.94. The third-order valence-corrected chi connectivity index (χ3v) is 3.31. The lowest BCUT2D eigenvalue weighted by Crippen LogP contribution is -2.35. The average molecular weight is 305 g/mol. The first-order valence-corrected chi connectivity index (χ1v) is 7.38. The Morgan fingerprint density at radius 2 is 1.95 bits per heavy atom. The van der Waals surface area contributed by atoms with E-state index >= 15 is 0 Å². The average Bonchev–Trinajstić information content (AvgIpc) is 2.44. The lowest BCUT2D eigenvalue weighted by molar-refractivity contribution is 0.305. The minimum Gasteiger partial charge on any atom is -0.489 e. The molecule has 0 amide bonds. The van der Waals surface area contributed by atoms with Crippen LogP contribution in [0.3, 0.4) is 0 Å². The number of nitrogens with one attached hydrogen (secondary N) is 1. The molecule has 1 N–H and O–H groups in total. The van der Waals surface area contributed by atoms with Gasteiger partial charge in [-0.25, -0.2) is 0 Å². The molecule has 0 bridgehead atoms. The van der Waals surface area contributed by atoms with Gasteiger partial charge in [0.2, 0.25) is 0 Å². The molecule has 0 aliphatic heterocycles. The molecule has 3 nitrogen and oxygen atoms in total. The molecule has 4 heteroatoms. The Bertz CT molecular complexity index is 593. The standard InChI is InChI=1S/C17H21ClN2O/c1-17(2,3)20-11-14-10-15(8-9-19-14)21-12-13-6-4-5-7-16(13)18/h4-10,20H,11-12H2,1-3H3. The van der Waals surface area contributed by atoms with Crippen molar-refractivity contribution in [2.75, 3.05) is 0 Å². The van der Waals surface area contributed by atoms with Gasteiger partial charge < -0.3 is 10.1 Å². The van der Waals surface area contributed by atoms with E-state index in [-0.39, 0.29) is 5.54 Å². The second-order valence-electron chi connectivity index (χ2n) is 5.97. The van der Waals surface area contributed by atoms with E-state index in [1.165, 1.54) is 0 Å². The minimum atomic E-state index is 0.0656. The topological polar surface area (TPSA) is 34.1 Å². The first-order valence-electron chi connectivity index (χ1n) is 7.00. The second kappa shape index (κ2) is 6.92. The fraction of sp³-hybridized carbons (Fsp3) is 0.353. The summed E-state index contributed by atoms with van der Waals surface area (Å²) in [6.07, 6.45) is 1.77. The fourth-order valence-electron chi connectivity index (χ4n) is 1.77. The van der Waals surface area contributed by atoms with Crippen LogP contribution in [-0.2, 0) is 13.2 Å². The molecule has 0 saturated heterocycles. The predicted octanol–water partition coefficient (Wildman–Crippen LogP) is 4.20. The summed E-state index contributed by atoms with van der Waals surface area (Å²) in [5.74, 6) is 0.802. The molecule has 0 aliphatic carbocycles. The van der Waals surface area contributed by atoms with Crippen molar-refractivity contribution in [1.29, 1.82) is 0 Å². The molecule has 0 unspecified atom stereocenters. The quantitative estimate of drug-likeness (QED) is 0.899. The van der Waals surface area contributed by atoms with Gasteiger partial charge in [-0.15, -0.1) is 0 Å². The van der Waals surface area contributed by atoms with E-state index in [2.05, 4.69) is 31.1 Å². The molecule has 1 aromatic heterocycles. The summed E-state index contributed by atoms with van der Waals surface area (Å²) < 4.78 is 5.79. The predicted molar refractivity (Wildman–Crippen MR) is 86.6 cm³/mol. The Morgan fingerprint density at radius 3 is 2.67 bits per heavy atom. The van der Waals surface area contributed by atoms with Crippen molar-refractivity contribution in [3.63, 3.8) is 0 Å². The van der Waals surface area contributed by atoms with Gasteiger partial charge in [0, 0.05) is 34.9 Å². The van der Waals surface area contributed by atoms with Crippen molar-refractivity contribution in [1.82, 2.24) is 10.3 Å². The van der Waals surface area contributed by atoms with Gasteiger partial charge in [-0.3, -0.25) is 4.98 Å². The number of benzene rings is 1. The number of pyridine rings is 1. The van der Waals surface area contributed by atoms with E-state index in [0.717, 1.165) is 22.0 Å². The van der Waals surface area contributed by atoms with Crippen LogP contribution in [0.2, 0.25) is 5.02 Å². The number of halogens is 1. The van der Waals surface area contributed by atoms with Crippen molar-refractivity contribution >= 4 is 11.6 Å². The Kier molecular flexibility index (Phi) is 5.21. The number of hydrogen-bond donors (Lipinski definition) is 1. The van der Waals surface area contributed by atoms with E-state index in [0.29, 0.717) is 13.2 Å². The molecule has 0 aliphatic rings. The molecule has 2 rings (SSSR count). The van der Waals surface area contributed by atoms with Crippen LogP contribution in [0.25, 0.3) is 0 Å². The van der Waals surface area contributed by atoms with Gasteiger partial charge in [0.15, 0.2) is 0 Å². The number of hydrogen-bond acceptors (Lipinski definition) is 3. The maximum atomic E-state index is 6.12. The van der Waals surface area contributed by atoms with Crippen LogP contribution >= 0.6 is 11.6 Å². The van der Waals surface area contributed by atoms with Gasteiger partial charge >= 0.3 is 0 Å². The summed E-state index contributed by atoms with van der Waals surface area (Å²) in [5.41, 5.74) is 2.00. The van der Waals surface area contributed by atoms with Gasteiger partial charge in [0.25, 0.3) is 0 Å². The SMILES string of the molecule is CC(C)(C)NCc1cc(OCc2ccccc2Cl)ccn1. The molecule has 0 fully saturated rings. The van der Waals surface area contributed by atoms with E-state index in [4.69, 9.17) is 16.3 Å². The Labute approximate surface area is 131 Å². The van der Waals surface area contributed by atoms with Gasteiger partial charge in [0.05, 0.1) is 5.69 Å². The zero-order chi connectivity index (χ0) is 15.3. The lowest BCUT2D eigenvalue weighted by atomic mass is 10.1. The third-order valence-electron chi connectivity index (χ3n) is 2.94. The highest BCUT2D eigenvalue weighted by atomic mass is 35.5. The summed E-state index contributed by atoms with van der Waals surface area (Å²) >= 11 is 6.12. The number of aromatic nitrogens is 1. The van der Waals surface area contributed by atoms with E-state index in [9.17, 15) is 0 Å². The van der Waals surface area contributed by atoms with Gasteiger partial charge in [-0.05, 0) is 32.9 Å². The normalized spacial score (nSPS) is 11.4. The lowest BCUT2D eigenvalue weighted by Gasteiger charge is -2.20. The van der Waals surface area contributed by atoms with Crippen molar-refractivity contribution in [3.05, 3.63) is 58.9 Å². The van der Waals surface area contributed by atoms with E-state index in [1.54, 1.807) is 6.20 Å². The van der Waals surface area contributed by atoms with Gasteiger partial charge in [-0.2, -0.15) is 0 Å². The number of ether oxygens (including phenoxy) is 1. The fourth-order valence-corrected chi connectivity index (χ4v) is 1.97. The minimum absolute atomic E-state index is 0.0656. The van der Waals surface area contributed by atoms with Crippen LogP contribution in [-0.4, -0.2) is 10.5 Å². The molecule has 0 saturated carbocycles. The summed E-state index contributed by atoms with van der Waals surface area (Å²) in [6, 6.07) is 11.5. The van der Waals surface area contributed by atoms with Crippen molar-refractivity contribution in [3.8, 4) is 5.75 Å². The molecule has 2 aromatic rings. The van der Waals surface area contributed by atoms with E-state index < -0.39 is 0 Å². The molecule has 0 atom stereocenters. The molecular weight excluding hydrogens is 284 g/mol. The highest BCUT2D eigenvalue weighted by molar-refractivity contribution is 6.31. The molecular formula is C17H21ClN2O. The molecule has 0 spiro atoms. The van der Waals surface area contributed by atoms with Crippen molar-refractivity contribution in [2.45, 2.75) is 39.5 Å². The van der Waals surface area contributed by atoms with Crippen LogP contribution in [0.4, 0.5) is 0 Å². The number of rotatable bonds is 5. The van der Waals surface area contributed by atoms with Gasteiger partial charge in [-0.1, -0.05) is 29.8 Å². The van der Waals surface area contributed by atoms with Crippen molar-refractivity contribution < 1.29 is 4.74 Å². The summed E-state index contributed by atoms with van der Waals surface area (Å²) in [7, 11) is 0. The smallest absolute Gasteiger partial charge is 0.123 e. The van der Waals surface area contributed by atoms with Gasteiger partial charge in [0.1, 0.15) is 12.4 Å². The largest absolute Gasteiger partial charge is 0.489 e. The maximum absolute atomic E-state index is 6.12. The summed E-state index contributed by atoms with van der Waals surface area (Å²) in [6.45, 7) is 7.56. The van der Waals surface area contributed by atoms with Crippen LogP contribution in [0.5, 0.6) is 5.75 Å². The van der Waals surface area contributed by atoms with Crippen molar-refractivity contribution in [2.24, 2.45) is 0 Å². The summed E-state index contributed by atoms with van der Waals surface area (Å²) in [5, 5.41) is 4.13. The Balaban J connectivity index is 1.96. The van der Waals surface area contributed by atoms with Crippen LogP contribution in [0.15, 0.2) is 42.6 Å². The van der Waals surface area contributed by atoms with Crippen LogP contribution in [0.1, 0.15) is 32.0 Å². The first kappa shape index (κ1) is 15.8. The second-order valence-corrected chi connectivity index (χ2v) is 6.37. The zero-order valence-corrected chi connectivity index (χ0v) is 13.4. The molecule has 1 heterocycles. The highest BCUT2D eigenvalue weighted by Gasteiger charge is 2.09. The molecule has 0 radical (unpaired) electrons. The zero-order valence-electron chi connectivity index (χ0n) is 12.7. The molecule has 1 aromatic carbocycles. The highest BCUT2D eigenvalue weighted by Crippen LogP contribution is 2.18.